The summed E-state index contributed by atoms with van der Waals surface area (Å²) in [5.74, 6) is 0.608. The fourth-order valence-electron chi connectivity index (χ4n) is 3.83. The maximum atomic E-state index is 12.5. The zero-order valence-corrected chi connectivity index (χ0v) is 16.9. The highest BCUT2D eigenvalue weighted by Crippen LogP contribution is 2.47. The lowest BCUT2D eigenvalue weighted by atomic mass is 10.1. The molecule has 0 bridgehead atoms. The molecule has 0 spiro atoms. The molecule has 1 heterocycles. The van der Waals surface area contributed by atoms with Crippen molar-refractivity contribution in [2.24, 2.45) is 5.92 Å². The first-order chi connectivity index (χ1) is 13.2. The van der Waals surface area contributed by atoms with E-state index in [9.17, 15) is 4.79 Å². The van der Waals surface area contributed by atoms with E-state index in [4.69, 9.17) is 4.74 Å². The number of nitrogens with zero attached hydrogens (tertiary/aromatic N) is 1. The molecule has 1 aliphatic carbocycles. The van der Waals surface area contributed by atoms with E-state index in [1.807, 2.05) is 18.2 Å². The molecule has 1 saturated heterocycles. The van der Waals surface area contributed by atoms with Crippen LogP contribution < -0.4 is 5.32 Å². The van der Waals surface area contributed by atoms with Gasteiger partial charge in [0.25, 0.3) is 0 Å². The maximum absolute atomic E-state index is 12.5. The Morgan fingerprint density at radius 3 is 2.85 bits per heavy atom. The molecule has 2 aromatic carbocycles. The molecule has 1 aliphatic heterocycles. The summed E-state index contributed by atoms with van der Waals surface area (Å²) in [6.45, 7) is 4.04. The van der Waals surface area contributed by atoms with Crippen molar-refractivity contribution in [3.05, 3.63) is 70.2 Å². The van der Waals surface area contributed by atoms with Crippen LogP contribution in [0.15, 0.2) is 59.1 Å². The van der Waals surface area contributed by atoms with Crippen LogP contribution in [0.5, 0.6) is 0 Å². The monoisotopic (exact) mass is 428 g/mol. The molecule has 4 rings (SSSR count). The first kappa shape index (κ1) is 18.7. The lowest BCUT2D eigenvalue weighted by Crippen LogP contribution is -2.47. The van der Waals surface area contributed by atoms with E-state index in [0.717, 1.165) is 37.1 Å². The second kappa shape index (κ2) is 8.55. The normalized spacial score (nSPS) is 25.1. The summed E-state index contributed by atoms with van der Waals surface area (Å²) in [6, 6.07) is 18.8. The van der Waals surface area contributed by atoms with Crippen molar-refractivity contribution < 1.29 is 9.53 Å². The molecule has 2 aliphatic rings. The molecule has 4 nitrogen and oxygen atoms in total. The molecule has 0 aromatic heterocycles. The Morgan fingerprint density at radius 2 is 2.04 bits per heavy atom. The van der Waals surface area contributed by atoms with Crippen molar-refractivity contribution in [3.63, 3.8) is 0 Å². The van der Waals surface area contributed by atoms with Crippen molar-refractivity contribution in [1.82, 2.24) is 10.2 Å². The zero-order chi connectivity index (χ0) is 18.6. The summed E-state index contributed by atoms with van der Waals surface area (Å²) in [4.78, 5) is 14.9. The van der Waals surface area contributed by atoms with Crippen LogP contribution in [0, 0.1) is 5.92 Å². The summed E-state index contributed by atoms with van der Waals surface area (Å²) < 4.78 is 6.93. The van der Waals surface area contributed by atoms with Gasteiger partial charge in [-0.05, 0) is 35.6 Å². The van der Waals surface area contributed by atoms with Crippen molar-refractivity contribution in [2.75, 3.05) is 26.2 Å². The van der Waals surface area contributed by atoms with Gasteiger partial charge >= 0.3 is 0 Å². The van der Waals surface area contributed by atoms with Gasteiger partial charge < -0.3 is 10.1 Å². The molecule has 2 aromatic rings. The van der Waals surface area contributed by atoms with Gasteiger partial charge in [-0.15, -0.1) is 0 Å². The minimum Gasteiger partial charge on any atom is -0.374 e. The number of carbonyl (C=O) groups excluding carboxylic acids is 1. The molecule has 5 heteroatoms. The van der Waals surface area contributed by atoms with Crippen LogP contribution in [-0.2, 0) is 16.1 Å². The third-order valence-electron chi connectivity index (χ3n) is 5.38. The van der Waals surface area contributed by atoms with E-state index in [2.05, 4.69) is 62.5 Å². The van der Waals surface area contributed by atoms with Gasteiger partial charge in [0.2, 0.25) is 5.91 Å². The Labute approximate surface area is 169 Å². The molecule has 1 N–H and O–H groups in total. The Hall–Kier alpha value is -1.69. The number of halogens is 1. The number of benzene rings is 2. The lowest BCUT2D eigenvalue weighted by molar-refractivity contribution is -0.123. The van der Waals surface area contributed by atoms with E-state index < -0.39 is 0 Å². The quantitative estimate of drug-likeness (QED) is 0.764. The van der Waals surface area contributed by atoms with Gasteiger partial charge in [0.05, 0.1) is 12.7 Å². The molecule has 1 amide bonds. The van der Waals surface area contributed by atoms with E-state index in [1.165, 1.54) is 11.1 Å². The molecule has 3 atom stereocenters. The smallest absolute Gasteiger partial charge is 0.223 e. The third-order valence-corrected chi connectivity index (χ3v) is 5.87. The summed E-state index contributed by atoms with van der Waals surface area (Å²) in [7, 11) is 0. The van der Waals surface area contributed by atoms with Gasteiger partial charge in [0.15, 0.2) is 0 Å². The molecule has 142 valence electrons. The van der Waals surface area contributed by atoms with Gasteiger partial charge in [-0.2, -0.15) is 0 Å². The van der Waals surface area contributed by atoms with Crippen molar-refractivity contribution in [1.29, 1.82) is 0 Å². The van der Waals surface area contributed by atoms with Crippen LogP contribution in [0.25, 0.3) is 0 Å². The standard InChI is InChI=1S/C22H25BrN2O2/c23-18-8-4-7-17(11-18)20-12-21(20)22(26)24-13-19-15-25(9-10-27-19)14-16-5-2-1-3-6-16/h1-8,11,19-21H,9-10,12-15H2,(H,24,26). The summed E-state index contributed by atoms with van der Waals surface area (Å²) in [5.41, 5.74) is 2.56. The Kier molecular flexibility index (Phi) is 5.91. The predicted molar refractivity (Wildman–Crippen MR) is 109 cm³/mol. The number of nitrogens with one attached hydrogen (secondary N) is 1. The number of amides is 1. The number of rotatable bonds is 6. The Balaban J connectivity index is 1.23. The second-order valence-electron chi connectivity index (χ2n) is 7.46. The third kappa shape index (κ3) is 4.98. The van der Waals surface area contributed by atoms with Crippen molar-refractivity contribution >= 4 is 21.8 Å². The summed E-state index contributed by atoms with van der Waals surface area (Å²) in [6.07, 6.45) is 1.00. The predicted octanol–water partition coefficient (Wildman–Crippen LogP) is 3.57. The number of ether oxygens (including phenoxy) is 1. The molecule has 1 saturated carbocycles. The Bertz CT molecular complexity index is 783. The lowest BCUT2D eigenvalue weighted by Gasteiger charge is -2.33. The van der Waals surface area contributed by atoms with E-state index in [1.54, 1.807) is 0 Å². The molecular weight excluding hydrogens is 404 g/mol. The fraction of sp³-hybridized carbons (Fsp3) is 0.409. The van der Waals surface area contributed by atoms with Crippen LogP contribution in [-0.4, -0.2) is 43.2 Å². The average Bonchev–Trinajstić information content (AvgIpc) is 3.48. The minimum atomic E-state index is 0.0643. The topological polar surface area (TPSA) is 41.6 Å². The van der Waals surface area contributed by atoms with Crippen LogP contribution in [0.4, 0.5) is 0 Å². The van der Waals surface area contributed by atoms with Crippen molar-refractivity contribution in [2.45, 2.75) is 25.0 Å². The van der Waals surface area contributed by atoms with Crippen LogP contribution in [0.3, 0.4) is 0 Å². The van der Waals surface area contributed by atoms with Crippen LogP contribution in [0.1, 0.15) is 23.5 Å². The number of carbonyl (C=O) groups is 1. The molecular formula is C22H25BrN2O2. The summed E-state index contributed by atoms with van der Waals surface area (Å²) >= 11 is 3.51. The highest BCUT2D eigenvalue weighted by Gasteiger charge is 2.44. The molecule has 2 fully saturated rings. The van der Waals surface area contributed by atoms with Gasteiger partial charge in [-0.3, -0.25) is 9.69 Å². The highest BCUT2D eigenvalue weighted by molar-refractivity contribution is 9.10. The average molecular weight is 429 g/mol. The molecule has 27 heavy (non-hydrogen) atoms. The van der Waals surface area contributed by atoms with Crippen LogP contribution in [0.2, 0.25) is 0 Å². The van der Waals surface area contributed by atoms with Gasteiger partial charge in [-0.1, -0.05) is 58.4 Å². The molecule has 0 radical (unpaired) electrons. The van der Waals surface area contributed by atoms with Crippen molar-refractivity contribution in [3.8, 4) is 0 Å². The van der Waals surface area contributed by atoms with Gasteiger partial charge in [0.1, 0.15) is 0 Å². The highest BCUT2D eigenvalue weighted by atomic mass is 79.9. The summed E-state index contributed by atoms with van der Waals surface area (Å²) in [5, 5.41) is 3.11. The fourth-order valence-corrected chi connectivity index (χ4v) is 4.24. The number of hydrogen-bond donors (Lipinski definition) is 1. The van der Waals surface area contributed by atoms with E-state index >= 15 is 0 Å². The zero-order valence-electron chi connectivity index (χ0n) is 15.3. The number of hydrogen-bond acceptors (Lipinski definition) is 3. The minimum absolute atomic E-state index is 0.0643. The van der Waals surface area contributed by atoms with Crippen LogP contribution >= 0.6 is 15.9 Å². The Morgan fingerprint density at radius 1 is 1.19 bits per heavy atom. The van der Waals surface area contributed by atoms with E-state index in [0.29, 0.717) is 12.5 Å². The SMILES string of the molecule is O=C(NCC1CN(Cc2ccccc2)CCO1)C1CC1c1cccc(Br)c1. The first-order valence-corrected chi connectivity index (χ1v) is 10.4. The second-order valence-corrected chi connectivity index (χ2v) is 8.38. The van der Waals surface area contributed by atoms with Gasteiger partial charge in [0, 0.05) is 36.6 Å². The van der Waals surface area contributed by atoms with E-state index in [-0.39, 0.29) is 17.9 Å². The number of morpholine rings is 1. The molecule has 3 unspecified atom stereocenters. The van der Waals surface area contributed by atoms with Gasteiger partial charge in [-0.25, -0.2) is 0 Å². The largest absolute Gasteiger partial charge is 0.374 e. The first-order valence-electron chi connectivity index (χ1n) is 9.60. The maximum Gasteiger partial charge on any atom is 0.223 e.